The van der Waals surface area contributed by atoms with Gasteiger partial charge in [-0.05, 0) is 40.9 Å². The molecule has 2 saturated heterocycles. The van der Waals surface area contributed by atoms with Crippen molar-refractivity contribution < 1.29 is 28.5 Å². The highest BCUT2D eigenvalue weighted by molar-refractivity contribution is 9.10. The number of ether oxygens (including phenoxy) is 4. The number of aromatic nitrogens is 2. The lowest BCUT2D eigenvalue weighted by molar-refractivity contribution is 0.0561. The molecule has 4 aliphatic heterocycles. The van der Waals surface area contributed by atoms with E-state index in [1.807, 2.05) is 83.6 Å². The van der Waals surface area contributed by atoms with Gasteiger partial charge in [-0.1, -0.05) is 86.2 Å². The first-order valence-corrected chi connectivity index (χ1v) is 23.6. The SMILES string of the molecule is CCN1C(=O)c2c(OCc3ccccc3)c(=O)c(Br)cn2C2COC[C@@H]21.CCN1C(=O)c2c(OCc3ccccc3)c(=O)c(C#C[Si](C)(C)C)cn2C2COC[C@@H]21. The average Bonchev–Trinajstić information content (AvgIpc) is 3.90. The molecule has 4 aromatic rings. The smallest absolute Gasteiger partial charge is 0.274 e. The molecule has 57 heavy (non-hydrogen) atoms. The Bertz CT molecular complexity index is 2330. The fourth-order valence-corrected chi connectivity index (χ4v) is 8.63. The van der Waals surface area contributed by atoms with Crippen LogP contribution in [0, 0.1) is 11.5 Å². The summed E-state index contributed by atoms with van der Waals surface area (Å²) in [5, 5.41) is 0. The summed E-state index contributed by atoms with van der Waals surface area (Å²) in [7, 11) is -1.69. The van der Waals surface area contributed by atoms with Crippen LogP contribution in [0.3, 0.4) is 0 Å². The molecule has 8 rings (SSSR count). The molecule has 0 N–H and O–H groups in total. The number of carbonyl (C=O) groups excluding carboxylic acids is 2. The Morgan fingerprint density at radius 3 is 1.56 bits per heavy atom. The second-order valence-corrected chi connectivity index (χ2v) is 21.0. The van der Waals surface area contributed by atoms with E-state index in [2.05, 4.69) is 47.0 Å². The fraction of sp³-hybridized carbons (Fsp3) is 0.395. The van der Waals surface area contributed by atoms with Gasteiger partial charge in [0.15, 0.2) is 22.9 Å². The summed E-state index contributed by atoms with van der Waals surface area (Å²) >= 11 is 3.32. The van der Waals surface area contributed by atoms with Gasteiger partial charge < -0.3 is 37.9 Å². The molecule has 0 aliphatic carbocycles. The lowest BCUT2D eigenvalue weighted by atomic mass is 10.0. The van der Waals surface area contributed by atoms with Crippen LogP contribution in [0.4, 0.5) is 0 Å². The van der Waals surface area contributed by atoms with E-state index in [9.17, 15) is 19.2 Å². The Morgan fingerprint density at radius 1 is 0.667 bits per heavy atom. The van der Waals surface area contributed by atoms with Crippen LogP contribution in [-0.2, 0) is 22.7 Å². The molecule has 2 fully saturated rings. The van der Waals surface area contributed by atoms with E-state index < -0.39 is 8.07 Å². The number of likely N-dealkylation sites (N-methyl/N-ethyl adjacent to an activating group) is 2. The quantitative estimate of drug-likeness (QED) is 0.164. The van der Waals surface area contributed by atoms with Gasteiger partial charge in [0.1, 0.15) is 21.3 Å². The van der Waals surface area contributed by atoms with Crippen molar-refractivity contribution in [1.82, 2.24) is 18.9 Å². The van der Waals surface area contributed by atoms with Gasteiger partial charge in [0.2, 0.25) is 10.9 Å². The van der Waals surface area contributed by atoms with Crippen LogP contribution in [0.15, 0.2) is 87.1 Å². The fourth-order valence-electron chi connectivity index (χ4n) is 7.72. The molecule has 6 heterocycles. The van der Waals surface area contributed by atoms with Gasteiger partial charge in [0, 0.05) is 25.5 Å². The molecule has 2 aromatic heterocycles. The average molecular weight is 856 g/mol. The van der Waals surface area contributed by atoms with Crippen LogP contribution < -0.4 is 20.3 Å². The number of hydrogen-bond acceptors (Lipinski definition) is 8. The molecular weight excluding hydrogens is 808 g/mol. The van der Waals surface area contributed by atoms with Crippen LogP contribution in [0.2, 0.25) is 19.6 Å². The monoisotopic (exact) mass is 854 g/mol. The zero-order chi connectivity index (χ0) is 40.4. The number of halogens is 1. The second kappa shape index (κ2) is 16.9. The molecule has 4 atom stereocenters. The maximum absolute atomic E-state index is 13.4. The summed E-state index contributed by atoms with van der Waals surface area (Å²) in [4.78, 5) is 56.2. The number of carbonyl (C=O) groups is 2. The molecule has 2 aromatic carbocycles. The van der Waals surface area contributed by atoms with Gasteiger partial charge >= 0.3 is 0 Å². The number of fused-ring (bicyclic) bond motifs is 6. The summed E-state index contributed by atoms with van der Waals surface area (Å²) in [5.41, 5.74) is 5.48. The van der Waals surface area contributed by atoms with Gasteiger partial charge in [0.05, 0.1) is 60.6 Å². The van der Waals surface area contributed by atoms with E-state index >= 15 is 0 Å². The van der Waals surface area contributed by atoms with Crippen LogP contribution >= 0.6 is 15.9 Å². The standard InChI is InChI=1S/C24H28N2O4Si.C19H19BrN2O4/c1-5-25-19-15-29-16-20(19)26-13-18(11-12-31(2,3)4)22(27)23(21(26)24(25)28)30-14-17-9-7-6-8-10-17;1-2-21-14-10-25-11-15(14)22-8-13(20)17(23)18(16(22)19(21)24)26-9-12-6-4-3-5-7-12/h6-10,13,19-20H,5,14-16H2,1-4H3;3-8,14-15H,2,9-11H2,1H3/t19-,20?;14-,15?/m00/s1. The Labute approximate surface area is 341 Å². The van der Waals surface area contributed by atoms with E-state index in [1.54, 1.807) is 22.2 Å². The minimum atomic E-state index is -1.69. The number of benzene rings is 2. The highest BCUT2D eigenvalue weighted by Gasteiger charge is 2.46. The van der Waals surface area contributed by atoms with Crippen LogP contribution in [0.1, 0.15) is 63.6 Å². The Morgan fingerprint density at radius 2 is 1.11 bits per heavy atom. The van der Waals surface area contributed by atoms with Crippen LogP contribution in [0.25, 0.3) is 0 Å². The van der Waals surface area contributed by atoms with Gasteiger partial charge in [0.25, 0.3) is 11.8 Å². The first kappa shape index (κ1) is 40.3. The maximum Gasteiger partial charge on any atom is 0.274 e. The predicted octanol–water partition coefficient (Wildman–Crippen LogP) is 5.68. The van der Waals surface area contributed by atoms with Crippen molar-refractivity contribution in [2.24, 2.45) is 0 Å². The normalized spacial score (nSPS) is 20.7. The lowest BCUT2D eigenvalue weighted by Gasteiger charge is -2.38. The van der Waals surface area contributed by atoms with E-state index in [1.165, 1.54) is 0 Å². The minimum absolute atomic E-state index is 0.0152. The molecule has 4 aliphatic rings. The first-order valence-electron chi connectivity index (χ1n) is 19.3. The van der Waals surface area contributed by atoms with Gasteiger partial charge in [-0.15, -0.1) is 5.54 Å². The molecule has 0 spiro atoms. The van der Waals surface area contributed by atoms with Crippen molar-refractivity contribution in [1.29, 1.82) is 0 Å². The first-order chi connectivity index (χ1) is 27.4. The van der Waals surface area contributed by atoms with Gasteiger partial charge in [-0.2, -0.15) is 0 Å². The second-order valence-electron chi connectivity index (χ2n) is 15.4. The van der Waals surface area contributed by atoms with Crippen LogP contribution in [-0.4, -0.2) is 90.4 Å². The summed E-state index contributed by atoms with van der Waals surface area (Å²) in [6.45, 7) is 13.8. The molecule has 0 radical (unpaired) electrons. The lowest BCUT2D eigenvalue weighted by Crippen LogP contribution is -2.51. The number of rotatable bonds is 8. The summed E-state index contributed by atoms with van der Waals surface area (Å²) in [5.74, 6) is 2.89. The van der Waals surface area contributed by atoms with Crippen molar-refractivity contribution in [3.63, 3.8) is 0 Å². The third-order valence-corrected chi connectivity index (χ3v) is 12.0. The van der Waals surface area contributed by atoms with Crippen molar-refractivity contribution in [3.8, 4) is 23.0 Å². The Kier molecular flexibility index (Phi) is 11.9. The predicted molar refractivity (Wildman–Crippen MR) is 222 cm³/mol. The van der Waals surface area contributed by atoms with Crippen molar-refractivity contribution >= 4 is 35.8 Å². The number of amides is 2. The van der Waals surface area contributed by atoms with E-state index in [0.29, 0.717) is 60.9 Å². The molecule has 0 bridgehead atoms. The van der Waals surface area contributed by atoms with E-state index in [-0.39, 0.29) is 71.6 Å². The Hall–Kier alpha value is -4.94. The maximum atomic E-state index is 13.4. The number of pyridine rings is 2. The van der Waals surface area contributed by atoms with E-state index in [4.69, 9.17) is 18.9 Å². The molecule has 2 amide bonds. The van der Waals surface area contributed by atoms with Crippen LogP contribution in [0.5, 0.6) is 11.5 Å². The molecule has 12 nitrogen and oxygen atoms in total. The number of hydrogen-bond donors (Lipinski definition) is 0. The van der Waals surface area contributed by atoms with E-state index in [0.717, 1.165) is 11.1 Å². The highest BCUT2D eigenvalue weighted by atomic mass is 79.9. The molecule has 2 unspecified atom stereocenters. The zero-order valence-corrected chi connectivity index (χ0v) is 35.4. The van der Waals surface area contributed by atoms with Crippen molar-refractivity contribution in [2.75, 3.05) is 39.5 Å². The molecular formula is C43H47BrN4O8Si. The summed E-state index contributed by atoms with van der Waals surface area (Å²) in [6, 6.07) is 19.1. The zero-order valence-electron chi connectivity index (χ0n) is 32.8. The molecule has 298 valence electrons. The largest absolute Gasteiger partial charge is 0.483 e. The van der Waals surface area contributed by atoms with Gasteiger partial charge in [-0.25, -0.2) is 0 Å². The third-order valence-electron chi connectivity index (χ3n) is 10.5. The molecule has 14 heteroatoms. The third kappa shape index (κ3) is 8.11. The summed E-state index contributed by atoms with van der Waals surface area (Å²) < 4.78 is 27.3. The van der Waals surface area contributed by atoms with Crippen molar-refractivity contribution in [3.05, 3.63) is 126 Å². The topological polar surface area (TPSA) is 122 Å². The number of nitrogens with zero attached hydrogens (tertiary/aromatic N) is 4. The Balaban J connectivity index is 0.000000177. The highest BCUT2D eigenvalue weighted by Crippen LogP contribution is 2.37. The van der Waals surface area contributed by atoms with Crippen molar-refractivity contribution in [2.45, 2.75) is 70.9 Å². The minimum Gasteiger partial charge on any atom is -0.483 e. The summed E-state index contributed by atoms with van der Waals surface area (Å²) in [6.07, 6.45) is 3.42. The molecule has 0 saturated carbocycles. The van der Waals surface area contributed by atoms with Gasteiger partial charge in [-0.3, -0.25) is 19.2 Å².